The molecule has 3 nitrogen and oxygen atoms in total. The van der Waals surface area contributed by atoms with Crippen LogP contribution in [-0.4, -0.2) is 19.6 Å². The van der Waals surface area contributed by atoms with Crippen molar-refractivity contribution in [3.63, 3.8) is 0 Å². The van der Waals surface area contributed by atoms with Gasteiger partial charge in [-0.1, -0.05) is 30.4 Å². The molecule has 0 radical (unpaired) electrons. The molecule has 3 heteroatoms. The number of nitrogens with zero attached hydrogens (tertiary/aromatic N) is 1. The molecule has 112 valence electrons. The van der Waals surface area contributed by atoms with Crippen molar-refractivity contribution in [1.29, 1.82) is 0 Å². The first-order valence-corrected chi connectivity index (χ1v) is 7.42. The van der Waals surface area contributed by atoms with E-state index in [2.05, 4.69) is 42.3 Å². The van der Waals surface area contributed by atoms with Crippen LogP contribution in [0.2, 0.25) is 0 Å². The Morgan fingerprint density at radius 2 is 1.77 bits per heavy atom. The van der Waals surface area contributed by atoms with E-state index in [4.69, 9.17) is 4.74 Å². The predicted octanol–water partition coefficient (Wildman–Crippen LogP) is 3.77. The van der Waals surface area contributed by atoms with Crippen molar-refractivity contribution in [3.8, 4) is 5.75 Å². The minimum atomic E-state index is -0.300. The highest BCUT2D eigenvalue weighted by Crippen LogP contribution is 2.28. The van der Waals surface area contributed by atoms with Gasteiger partial charge in [0, 0.05) is 26.2 Å². The molecule has 0 atom stereocenters. The summed E-state index contributed by atoms with van der Waals surface area (Å²) in [6.45, 7) is 2.50. The maximum Gasteiger partial charge on any atom is 0.308 e. The lowest BCUT2D eigenvalue weighted by molar-refractivity contribution is -0.131. The summed E-state index contributed by atoms with van der Waals surface area (Å²) in [5, 5.41) is 0. The fraction of sp³-hybridized carbons (Fsp3) is 0.211. The van der Waals surface area contributed by atoms with E-state index in [1.807, 2.05) is 12.1 Å². The summed E-state index contributed by atoms with van der Waals surface area (Å²) in [6, 6.07) is 14.1. The molecule has 0 unspecified atom stereocenters. The quantitative estimate of drug-likeness (QED) is 0.490. The zero-order valence-corrected chi connectivity index (χ0v) is 12.9. The van der Waals surface area contributed by atoms with Crippen molar-refractivity contribution in [2.24, 2.45) is 0 Å². The van der Waals surface area contributed by atoms with Crippen LogP contribution in [0.4, 0.5) is 5.69 Å². The first kappa shape index (κ1) is 14.4. The molecule has 2 aromatic carbocycles. The highest BCUT2D eigenvalue weighted by atomic mass is 16.5. The van der Waals surface area contributed by atoms with Crippen LogP contribution < -0.4 is 9.64 Å². The van der Waals surface area contributed by atoms with E-state index < -0.39 is 0 Å². The summed E-state index contributed by atoms with van der Waals surface area (Å²) in [7, 11) is 2.13. The van der Waals surface area contributed by atoms with Crippen LogP contribution in [-0.2, 0) is 11.2 Å². The van der Waals surface area contributed by atoms with Crippen molar-refractivity contribution in [2.75, 3.05) is 18.5 Å². The van der Waals surface area contributed by atoms with Gasteiger partial charge >= 0.3 is 5.97 Å². The number of hydrogen-bond acceptors (Lipinski definition) is 3. The molecule has 0 aromatic heterocycles. The Bertz CT molecular complexity index is 717. The van der Waals surface area contributed by atoms with Crippen molar-refractivity contribution in [3.05, 3.63) is 59.2 Å². The number of esters is 1. The number of carbonyl (C=O) groups is 1. The van der Waals surface area contributed by atoms with Gasteiger partial charge in [0.05, 0.1) is 0 Å². The summed E-state index contributed by atoms with van der Waals surface area (Å²) >= 11 is 0. The Hall–Kier alpha value is -2.55. The van der Waals surface area contributed by atoms with Crippen LogP contribution in [0.5, 0.6) is 5.75 Å². The Morgan fingerprint density at radius 1 is 1.09 bits per heavy atom. The maximum absolute atomic E-state index is 10.9. The maximum atomic E-state index is 10.9. The minimum Gasteiger partial charge on any atom is -0.427 e. The molecule has 0 spiro atoms. The molecule has 0 bridgehead atoms. The normalized spacial score (nSPS) is 13.5. The lowest BCUT2D eigenvalue weighted by Crippen LogP contribution is -2.12. The van der Waals surface area contributed by atoms with E-state index in [0.717, 1.165) is 18.5 Å². The molecule has 2 aromatic rings. The molecular formula is C19H19NO2. The third-order valence-corrected chi connectivity index (χ3v) is 3.84. The predicted molar refractivity (Wildman–Crippen MR) is 90.1 cm³/mol. The lowest BCUT2D eigenvalue weighted by atomic mass is 10.1. The molecule has 0 saturated carbocycles. The average Bonchev–Trinajstić information content (AvgIpc) is 2.87. The summed E-state index contributed by atoms with van der Waals surface area (Å²) < 4.78 is 5.02. The van der Waals surface area contributed by atoms with Crippen LogP contribution in [0.25, 0.3) is 12.2 Å². The number of fused-ring (bicyclic) bond motifs is 1. The third kappa shape index (κ3) is 3.19. The van der Waals surface area contributed by atoms with Gasteiger partial charge in [0.15, 0.2) is 0 Å². The number of anilines is 1. The zero-order chi connectivity index (χ0) is 15.5. The fourth-order valence-electron chi connectivity index (χ4n) is 2.70. The van der Waals surface area contributed by atoms with Gasteiger partial charge < -0.3 is 9.64 Å². The van der Waals surface area contributed by atoms with Crippen LogP contribution in [0, 0.1) is 0 Å². The molecule has 0 amide bonds. The molecule has 1 heterocycles. The molecule has 3 rings (SSSR count). The second-order valence-corrected chi connectivity index (χ2v) is 5.56. The zero-order valence-electron chi connectivity index (χ0n) is 12.9. The first-order valence-electron chi connectivity index (χ1n) is 7.42. The van der Waals surface area contributed by atoms with Gasteiger partial charge in [0.25, 0.3) is 0 Å². The second-order valence-electron chi connectivity index (χ2n) is 5.56. The Kier molecular flexibility index (Phi) is 3.96. The van der Waals surface area contributed by atoms with E-state index in [1.165, 1.54) is 23.7 Å². The van der Waals surface area contributed by atoms with E-state index in [-0.39, 0.29) is 5.97 Å². The summed E-state index contributed by atoms with van der Waals surface area (Å²) in [6.07, 6.45) is 5.29. The van der Waals surface area contributed by atoms with Gasteiger partial charge in [-0.05, 0) is 47.4 Å². The van der Waals surface area contributed by atoms with Crippen molar-refractivity contribution in [1.82, 2.24) is 0 Å². The van der Waals surface area contributed by atoms with Crippen LogP contribution >= 0.6 is 0 Å². The number of hydrogen-bond donors (Lipinski definition) is 0. The molecule has 22 heavy (non-hydrogen) atoms. The van der Waals surface area contributed by atoms with Crippen LogP contribution in [0.1, 0.15) is 23.6 Å². The number of carbonyl (C=O) groups excluding carboxylic acids is 1. The first-order chi connectivity index (χ1) is 10.6. The van der Waals surface area contributed by atoms with Gasteiger partial charge in [-0.3, -0.25) is 4.79 Å². The monoisotopic (exact) mass is 293 g/mol. The highest BCUT2D eigenvalue weighted by molar-refractivity contribution is 5.73. The van der Waals surface area contributed by atoms with Gasteiger partial charge in [-0.2, -0.15) is 0 Å². The van der Waals surface area contributed by atoms with E-state index in [0.29, 0.717) is 5.75 Å². The van der Waals surface area contributed by atoms with Gasteiger partial charge in [0.2, 0.25) is 0 Å². The van der Waals surface area contributed by atoms with Crippen molar-refractivity contribution in [2.45, 2.75) is 13.3 Å². The minimum absolute atomic E-state index is 0.300. The Morgan fingerprint density at radius 3 is 2.50 bits per heavy atom. The van der Waals surface area contributed by atoms with Crippen LogP contribution in [0.15, 0.2) is 42.5 Å². The van der Waals surface area contributed by atoms with Crippen LogP contribution in [0.3, 0.4) is 0 Å². The summed E-state index contributed by atoms with van der Waals surface area (Å²) in [5.74, 6) is 0.275. The molecule has 0 aliphatic carbocycles. The van der Waals surface area contributed by atoms with E-state index in [9.17, 15) is 4.79 Å². The Labute approximate surface area is 130 Å². The largest absolute Gasteiger partial charge is 0.427 e. The van der Waals surface area contributed by atoms with Gasteiger partial charge in [-0.25, -0.2) is 0 Å². The molecule has 1 aliphatic heterocycles. The number of ether oxygens (including phenoxy) is 1. The summed E-state index contributed by atoms with van der Waals surface area (Å²) in [4.78, 5) is 13.2. The van der Waals surface area contributed by atoms with E-state index in [1.54, 1.807) is 12.1 Å². The van der Waals surface area contributed by atoms with Crippen molar-refractivity contribution < 1.29 is 9.53 Å². The lowest BCUT2D eigenvalue weighted by Gasteiger charge is -2.11. The molecule has 0 saturated heterocycles. The van der Waals surface area contributed by atoms with Crippen molar-refractivity contribution >= 4 is 23.8 Å². The molecule has 0 N–H and O–H groups in total. The average molecular weight is 293 g/mol. The summed E-state index contributed by atoms with van der Waals surface area (Å²) in [5.41, 5.74) is 5.03. The fourth-order valence-corrected chi connectivity index (χ4v) is 2.70. The third-order valence-electron chi connectivity index (χ3n) is 3.84. The van der Waals surface area contributed by atoms with E-state index >= 15 is 0 Å². The molecule has 0 fully saturated rings. The van der Waals surface area contributed by atoms with Gasteiger partial charge in [-0.15, -0.1) is 0 Å². The molecule has 1 aliphatic rings. The molecular weight excluding hydrogens is 274 g/mol. The Balaban J connectivity index is 1.73. The SMILES string of the molecule is CC(=O)Oc1ccc(/C=C/c2ccc3c(c2)CCN3C)cc1. The highest BCUT2D eigenvalue weighted by Gasteiger charge is 2.14. The second kappa shape index (κ2) is 6.06. The smallest absolute Gasteiger partial charge is 0.308 e. The number of rotatable bonds is 3. The topological polar surface area (TPSA) is 29.5 Å². The number of likely N-dealkylation sites (N-methyl/N-ethyl adjacent to an activating group) is 1. The number of benzene rings is 2. The standard InChI is InChI=1S/C19H19NO2/c1-14(21)22-18-8-5-15(6-9-18)3-4-16-7-10-19-17(13-16)11-12-20(19)2/h3-10,13H,11-12H2,1-2H3/b4-3+. The van der Waals surface area contributed by atoms with Gasteiger partial charge in [0.1, 0.15) is 5.75 Å².